The summed E-state index contributed by atoms with van der Waals surface area (Å²) < 4.78 is 30.6. The Balaban J connectivity index is 1.23. The zero-order chi connectivity index (χ0) is 22.0. The summed E-state index contributed by atoms with van der Waals surface area (Å²) in [6.07, 6.45) is 9.91. The van der Waals surface area contributed by atoms with Crippen LogP contribution in [0.5, 0.6) is 5.75 Å². The van der Waals surface area contributed by atoms with Gasteiger partial charge >= 0.3 is 0 Å². The van der Waals surface area contributed by atoms with E-state index in [4.69, 9.17) is 16.3 Å². The smallest absolute Gasteiger partial charge is 0.225 e. The zero-order valence-corrected chi connectivity index (χ0v) is 19.2. The van der Waals surface area contributed by atoms with Crippen molar-refractivity contribution in [2.24, 2.45) is 11.8 Å². The molecule has 3 heterocycles. The Kier molecular flexibility index (Phi) is 6.45. The molecule has 166 valence electrons. The lowest BCUT2D eigenvalue weighted by Gasteiger charge is -2.23. The van der Waals surface area contributed by atoms with Gasteiger partial charge in [0.2, 0.25) is 16.0 Å². The highest BCUT2D eigenvalue weighted by atomic mass is 35.5. The lowest BCUT2D eigenvalue weighted by molar-refractivity contribution is 0.291. The average Bonchev–Trinajstić information content (AvgIpc) is 3.50. The molecule has 2 aromatic heterocycles. The number of hydrogen-bond acceptors (Lipinski definition) is 7. The molecule has 1 aliphatic heterocycles. The molecule has 4 rings (SSSR count). The second kappa shape index (κ2) is 9.10. The number of nitrogens with zero attached hydrogens (tertiary/aromatic N) is 5. The van der Waals surface area contributed by atoms with E-state index in [9.17, 15) is 8.42 Å². The SMILES string of the molecule is CN(CC1CC1COc1ccc(C2=CCN(S(C)(=O)=O)CC2)nc1)c1ncc(Cl)cn1. The maximum atomic E-state index is 11.6. The van der Waals surface area contributed by atoms with Gasteiger partial charge in [0.1, 0.15) is 5.75 Å². The van der Waals surface area contributed by atoms with Gasteiger partial charge in [-0.25, -0.2) is 18.4 Å². The minimum absolute atomic E-state index is 0.396. The first-order valence-corrected chi connectivity index (χ1v) is 12.4. The average molecular weight is 464 g/mol. The van der Waals surface area contributed by atoms with E-state index in [1.807, 2.05) is 30.2 Å². The number of pyridine rings is 1. The molecule has 1 fully saturated rings. The molecule has 10 heteroatoms. The van der Waals surface area contributed by atoms with E-state index in [1.165, 1.54) is 10.6 Å². The van der Waals surface area contributed by atoms with Crippen LogP contribution in [0, 0.1) is 11.8 Å². The monoisotopic (exact) mass is 463 g/mol. The first-order valence-electron chi connectivity index (χ1n) is 10.2. The van der Waals surface area contributed by atoms with E-state index in [0.29, 0.717) is 48.9 Å². The van der Waals surface area contributed by atoms with Crippen LogP contribution in [0.25, 0.3) is 5.57 Å². The van der Waals surface area contributed by atoms with Gasteiger partial charge in [-0.3, -0.25) is 4.98 Å². The van der Waals surface area contributed by atoms with Gasteiger partial charge in [0.25, 0.3) is 0 Å². The van der Waals surface area contributed by atoms with Crippen molar-refractivity contribution >= 4 is 33.1 Å². The summed E-state index contributed by atoms with van der Waals surface area (Å²) >= 11 is 5.84. The van der Waals surface area contributed by atoms with Gasteiger partial charge in [-0.05, 0) is 42.4 Å². The number of ether oxygens (including phenoxy) is 1. The topological polar surface area (TPSA) is 88.5 Å². The van der Waals surface area contributed by atoms with Crippen molar-refractivity contribution in [2.45, 2.75) is 12.8 Å². The van der Waals surface area contributed by atoms with E-state index < -0.39 is 10.0 Å². The number of halogens is 1. The van der Waals surface area contributed by atoms with Gasteiger partial charge in [0, 0.05) is 26.7 Å². The molecule has 0 aromatic carbocycles. The largest absolute Gasteiger partial charge is 0.492 e. The number of rotatable bonds is 8. The molecule has 0 amide bonds. The zero-order valence-electron chi connectivity index (χ0n) is 17.6. The third kappa shape index (κ3) is 5.72. The number of anilines is 1. The predicted molar refractivity (Wildman–Crippen MR) is 121 cm³/mol. The fraction of sp³-hybridized carbons (Fsp3) is 0.476. The highest BCUT2D eigenvalue weighted by molar-refractivity contribution is 7.88. The number of aromatic nitrogens is 3. The fourth-order valence-corrected chi connectivity index (χ4v) is 4.58. The van der Waals surface area contributed by atoms with Crippen LogP contribution in [0.3, 0.4) is 0 Å². The first-order chi connectivity index (χ1) is 14.8. The Bertz CT molecular complexity index is 1040. The lowest BCUT2D eigenvalue weighted by atomic mass is 10.1. The lowest BCUT2D eigenvalue weighted by Crippen LogP contribution is -2.33. The minimum atomic E-state index is -3.14. The second-order valence-electron chi connectivity index (χ2n) is 8.13. The molecule has 0 bridgehead atoms. The summed E-state index contributed by atoms with van der Waals surface area (Å²) in [6.45, 7) is 2.42. The molecular weight excluding hydrogens is 438 g/mol. The Morgan fingerprint density at radius 3 is 2.58 bits per heavy atom. The molecule has 2 unspecified atom stereocenters. The number of hydrogen-bond donors (Lipinski definition) is 0. The van der Waals surface area contributed by atoms with Crippen LogP contribution < -0.4 is 9.64 Å². The van der Waals surface area contributed by atoms with E-state index in [0.717, 1.165) is 30.0 Å². The summed E-state index contributed by atoms with van der Waals surface area (Å²) in [5.74, 6) is 2.49. The molecule has 0 radical (unpaired) electrons. The van der Waals surface area contributed by atoms with Crippen LogP contribution in [0.15, 0.2) is 36.8 Å². The highest BCUT2D eigenvalue weighted by Gasteiger charge is 2.38. The number of sulfonamides is 1. The van der Waals surface area contributed by atoms with Crippen molar-refractivity contribution in [1.29, 1.82) is 0 Å². The maximum Gasteiger partial charge on any atom is 0.225 e. The molecule has 2 aliphatic rings. The van der Waals surface area contributed by atoms with Crippen molar-refractivity contribution in [3.05, 3.63) is 47.5 Å². The van der Waals surface area contributed by atoms with Crippen LogP contribution >= 0.6 is 11.6 Å². The maximum absolute atomic E-state index is 11.6. The second-order valence-corrected chi connectivity index (χ2v) is 10.5. The van der Waals surface area contributed by atoms with Gasteiger partial charge in [0.15, 0.2) is 0 Å². The van der Waals surface area contributed by atoms with Gasteiger partial charge in [-0.15, -0.1) is 0 Å². The summed E-state index contributed by atoms with van der Waals surface area (Å²) in [5.41, 5.74) is 1.94. The first kappa shape index (κ1) is 22.0. The molecule has 0 spiro atoms. The third-order valence-corrected chi connectivity index (χ3v) is 7.16. The van der Waals surface area contributed by atoms with Gasteiger partial charge in [0.05, 0.1) is 42.2 Å². The third-order valence-electron chi connectivity index (χ3n) is 5.70. The Morgan fingerprint density at radius 1 is 1.19 bits per heavy atom. The predicted octanol–water partition coefficient (Wildman–Crippen LogP) is 2.73. The molecule has 1 aliphatic carbocycles. The molecule has 31 heavy (non-hydrogen) atoms. The van der Waals surface area contributed by atoms with E-state index in [-0.39, 0.29) is 0 Å². The molecule has 1 saturated carbocycles. The van der Waals surface area contributed by atoms with Crippen molar-refractivity contribution in [1.82, 2.24) is 19.3 Å². The van der Waals surface area contributed by atoms with Gasteiger partial charge in [-0.1, -0.05) is 17.7 Å². The Labute approximate surface area is 188 Å². The van der Waals surface area contributed by atoms with Crippen LogP contribution in [0.4, 0.5) is 5.95 Å². The molecule has 8 nitrogen and oxygen atoms in total. The molecule has 0 saturated heterocycles. The van der Waals surface area contributed by atoms with Gasteiger partial charge in [-0.2, -0.15) is 4.31 Å². The van der Waals surface area contributed by atoms with E-state index >= 15 is 0 Å². The molecule has 2 aromatic rings. The minimum Gasteiger partial charge on any atom is -0.492 e. The highest BCUT2D eigenvalue weighted by Crippen LogP contribution is 2.39. The summed E-state index contributed by atoms with van der Waals surface area (Å²) in [6, 6.07) is 3.87. The summed E-state index contributed by atoms with van der Waals surface area (Å²) in [5, 5.41) is 0.533. The van der Waals surface area contributed by atoms with Crippen molar-refractivity contribution < 1.29 is 13.2 Å². The van der Waals surface area contributed by atoms with E-state index in [1.54, 1.807) is 18.6 Å². The fourth-order valence-electron chi connectivity index (χ4n) is 3.72. The Hall–Kier alpha value is -2.23. The summed E-state index contributed by atoms with van der Waals surface area (Å²) in [7, 11) is -1.16. The normalized spacial score (nSPS) is 21.5. The quantitative estimate of drug-likeness (QED) is 0.594. The van der Waals surface area contributed by atoms with Gasteiger partial charge < -0.3 is 9.64 Å². The van der Waals surface area contributed by atoms with Crippen molar-refractivity contribution in [3.63, 3.8) is 0 Å². The Morgan fingerprint density at radius 2 is 1.97 bits per heavy atom. The van der Waals surface area contributed by atoms with Crippen LogP contribution in [-0.2, 0) is 10.0 Å². The standard InChI is InChI=1S/C21H26ClN5O3S/c1-26(21-24-10-18(22)11-25-21)13-16-9-17(16)14-30-19-3-4-20(23-12-19)15-5-7-27(8-6-15)31(2,28)29/h3-5,10-12,16-17H,6-9,13-14H2,1-2H3. The van der Waals surface area contributed by atoms with E-state index in [2.05, 4.69) is 15.0 Å². The molecule has 2 atom stereocenters. The van der Waals surface area contributed by atoms with Crippen LogP contribution in [-0.4, -0.2) is 67.2 Å². The van der Waals surface area contributed by atoms with Crippen LogP contribution in [0.2, 0.25) is 5.02 Å². The molecule has 0 N–H and O–H groups in total. The summed E-state index contributed by atoms with van der Waals surface area (Å²) in [4.78, 5) is 15.0. The van der Waals surface area contributed by atoms with Crippen LogP contribution in [0.1, 0.15) is 18.5 Å². The van der Waals surface area contributed by atoms with Crippen molar-refractivity contribution in [2.75, 3.05) is 44.4 Å². The molecular formula is C21H26ClN5O3S. The van der Waals surface area contributed by atoms with Crippen molar-refractivity contribution in [3.8, 4) is 5.75 Å².